The van der Waals surface area contributed by atoms with E-state index >= 15 is 0 Å². The highest BCUT2D eigenvalue weighted by atomic mass is 32.2. The summed E-state index contributed by atoms with van der Waals surface area (Å²) in [6.45, 7) is 9.43. The molecule has 0 amide bonds. The predicted molar refractivity (Wildman–Crippen MR) is 64.7 cm³/mol. The summed E-state index contributed by atoms with van der Waals surface area (Å²) in [6, 6.07) is 0. The quantitative estimate of drug-likeness (QED) is 0.670. The lowest BCUT2D eigenvalue weighted by molar-refractivity contribution is -0.0914. The topological polar surface area (TPSA) is 12.4 Å². The van der Waals surface area contributed by atoms with Crippen LogP contribution in [0.3, 0.4) is 0 Å². The summed E-state index contributed by atoms with van der Waals surface area (Å²) < 4.78 is 40.9. The second-order valence-corrected chi connectivity index (χ2v) is 6.98. The molecular formula is C11H20F3NS. The number of hydrogen-bond acceptors (Lipinski definition) is 1. The Kier molecular flexibility index (Phi) is 6.30. The highest BCUT2D eigenvalue weighted by Gasteiger charge is 2.29. The van der Waals surface area contributed by atoms with Crippen molar-refractivity contribution >= 4 is 10.7 Å². The third-order valence-corrected chi connectivity index (χ3v) is 4.41. The lowest BCUT2D eigenvalue weighted by atomic mass is 10.3. The first-order valence-corrected chi connectivity index (χ1v) is 6.60. The molecule has 16 heavy (non-hydrogen) atoms. The Morgan fingerprint density at radius 3 is 1.94 bits per heavy atom. The summed E-state index contributed by atoms with van der Waals surface area (Å²) in [5, 5.41) is 0.777. The number of rotatable bonds is 4. The van der Waals surface area contributed by atoms with Crippen LogP contribution in [0.4, 0.5) is 13.2 Å². The van der Waals surface area contributed by atoms with E-state index in [0.717, 1.165) is 13.0 Å². The van der Waals surface area contributed by atoms with Crippen molar-refractivity contribution in [2.45, 2.75) is 51.3 Å². The molecule has 1 nitrogen and oxygen atoms in total. The van der Waals surface area contributed by atoms with E-state index in [1.165, 1.54) is 0 Å². The highest BCUT2D eigenvalue weighted by molar-refractivity contribution is 7.88. The second kappa shape index (κ2) is 6.42. The Morgan fingerprint density at radius 2 is 1.62 bits per heavy atom. The van der Waals surface area contributed by atoms with E-state index in [-0.39, 0.29) is 17.2 Å². The van der Waals surface area contributed by atoms with E-state index in [1.807, 2.05) is 27.7 Å². The predicted octanol–water partition coefficient (Wildman–Crippen LogP) is 4.11. The molecule has 0 rings (SSSR count). The minimum absolute atomic E-state index is 0.158. The van der Waals surface area contributed by atoms with E-state index < -0.39 is 11.7 Å². The maximum Gasteiger partial charge on any atom is 0.412 e. The van der Waals surface area contributed by atoms with Crippen molar-refractivity contribution in [1.29, 1.82) is 0 Å². The molecular weight excluding hydrogens is 235 g/mol. The molecule has 0 N–H and O–H groups in total. The molecule has 0 aromatic rings. The Morgan fingerprint density at radius 1 is 1.19 bits per heavy atom. The number of hydrogen-bond donors (Lipinski definition) is 0. The third-order valence-electron chi connectivity index (χ3n) is 2.03. The zero-order valence-corrected chi connectivity index (χ0v) is 11.2. The number of nitrogens with zero attached hydrogens (tertiary/aromatic N) is 1. The summed E-state index contributed by atoms with van der Waals surface area (Å²) in [5.74, 6) is 0. The van der Waals surface area contributed by atoms with Crippen molar-refractivity contribution in [3.8, 4) is 0 Å². The molecule has 96 valence electrons. The fourth-order valence-electron chi connectivity index (χ4n) is 1.22. The summed E-state index contributed by atoms with van der Waals surface area (Å²) in [6.07, 6.45) is -3.06. The van der Waals surface area contributed by atoms with Gasteiger partial charge in [-0.15, -0.1) is 0 Å². The SMILES string of the molecule is CC(=CCN=S(C(C)C)C(C)C)C(F)(F)F. The standard InChI is InChI=1S/C11H20F3NS/c1-8(2)16(9(3)4)15-7-6-10(5)11(12,13)14/h6,8-9H,7H2,1-5H3. The average molecular weight is 255 g/mol. The van der Waals surface area contributed by atoms with Crippen LogP contribution in [-0.4, -0.2) is 23.2 Å². The van der Waals surface area contributed by atoms with Gasteiger partial charge in [0.2, 0.25) is 0 Å². The van der Waals surface area contributed by atoms with E-state index in [9.17, 15) is 13.2 Å². The Hall–Kier alpha value is -0.320. The van der Waals surface area contributed by atoms with Crippen LogP contribution in [-0.2, 0) is 10.7 Å². The van der Waals surface area contributed by atoms with E-state index in [1.54, 1.807) is 0 Å². The molecule has 0 saturated heterocycles. The van der Waals surface area contributed by atoms with Crippen molar-refractivity contribution < 1.29 is 13.2 Å². The van der Waals surface area contributed by atoms with Gasteiger partial charge in [0.25, 0.3) is 0 Å². The molecule has 0 aliphatic rings. The van der Waals surface area contributed by atoms with Crippen LogP contribution < -0.4 is 0 Å². The van der Waals surface area contributed by atoms with Crippen LogP contribution in [0, 0.1) is 0 Å². The van der Waals surface area contributed by atoms with Crippen LogP contribution >= 0.6 is 0 Å². The molecule has 0 aromatic heterocycles. The van der Waals surface area contributed by atoms with Crippen molar-refractivity contribution in [1.82, 2.24) is 0 Å². The van der Waals surface area contributed by atoms with Gasteiger partial charge in [-0.05, 0) is 6.92 Å². The fourth-order valence-corrected chi connectivity index (χ4v) is 3.15. The van der Waals surface area contributed by atoms with Gasteiger partial charge in [0.05, 0.1) is 6.54 Å². The largest absolute Gasteiger partial charge is 0.412 e. The number of alkyl halides is 3. The van der Waals surface area contributed by atoms with Gasteiger partial charge in [-0.3, -0.25) is 4.36 Å². The van der Waals surface area contributed by atoms with Crippen LogP contribution in [0.2, 0.25) is 0 Å². The van der Waals surface area contributed by atoms with Crippen LogP contribution in [0.25, 0.3) is 0 Å². The Labute approximate surface area is 98.2 Å². The average Bonchev–Trinajstić information content (AvgIpc) is 2.08. The van der Waals surface area contributed by atoms with Gasteiger partial charge in [-0.25, -0.2) is 0 Å². The third kappa shape index (κ3) is 5.68. The molecule has 0 saturated carbocycles. The number of halogens is 3. The number of allylic oxidation sites excluding steroid dienone is 1. The summed E-state index contributed by atoms with van der Waals surface area (Å²) in [5.41, 5.74) is -0.563. The molecule has 0 fully saturated rings. The molecule has 0 aromatic carbocycles. The van der Waals surface area contributed by atoms with Crippen molar-refractivity contribution in [2.24, 2.45) is 4.36 Å². The van der Waals surface area contributed by atoms with Crippen LogP contribution in [0.5, 0.6) is 0 Å². The first-order chi connectivity index (χ1) is 7.16. The first kappa shape index (κ1) is 15.7. The molecule has 0 aliphatic heterocycles. The van der Waals surface area contributed by atoms with Gasteiger partial charge in [0.15, 0.2) is 0 Å². The van der Waals surface area contributed by atoms with Crippen molar-refractivity contribution in [3.05, 3.63) is 11.6 Å². The van der Waals surface area contributed by atoms with E-state index in [4.69, 9.17) is 0 Å². The molecule has 0 unspecified atom stereocenters. The molecule has 0 atom stereocenters. The smallest absolute Gasteiger partial charge is 0.260 e. The first-order valence-electron chi connectivity index (χ1n) is 5.29. The van der Waals surface area contributed by atoms with Crippen molar-refractivity contribution in [3.63, 3.8) is 0 Å². The minimum Gasteiger partial charge on any atom is -0.260 e. The van der Waals surface area contributed by atoms with Crippen LogP contribution in [0.1, 0.15) is 34.6 Å². The maximum atomic E-state index is 12.2. The molecule has 0 aliphatic carbocycles. The van der Waals surface area contributed by atoms with Crippen molar-refractivity contribution in [2.75, 3.05) is 6.54 Å². The monoisotopic (exact) mass is 255 g/mol. The zero-order valence-electron chi connectivity index (χ0n) is 10.4. The molecule has 0 radical (unpaired) electrons. The van der Waals surface area contributed by atoms with Gasteiger partial charge in [-0.1, -0.05) is 44.5 Å². The Bertz CT molecular complexity index is 267. The molecule has 0 bridgehead atoms. The minimum atomic E-state index is -4.22. The lowest BCUT2D eigenvalue weighted by Gasteiger charge is -2.15. The summed E-state index contributed by atoms with van der Waals surface area (Å²) >= 11 is 0. The molecule has 5 heteroatoms. The van der Waals surface area contributed by atoms with E-state index in [0.29, 0.717) is 10.5 Å². The normalized spacial score (nSPS) is 14.1. The fraction of sp³-hybridized carbons (Fsp3) is 0.818. The van der Waals surface area contributed by atoms with Gasteiger partial charge in [0.1, 0.15) is 0 Å². The molecule has 0 heterocycles. The van der Waals surface area contributed by atoms with Gasteiger partial charge >= 0.3 is 6.18 Å². The lowest BCUT2D eigenvalue weighted by Crippen LogP contribution is -2.16. The zero-order chi connectivity index (χ0) is 12.9. The summed E-state index contributed by atoms with van der Waals surface area (Å²) in [7, 11) is -0.158. The highest BCUT2D eigenvalue weighted by Crippen LogP contribution is 2.24. The Balaban J connectivity index is 4.58. The maximum absolute atomic E-state index is 12.2. The van der Waals surface area contributed by atoms with Crippen LogP contribution in [0.15, 0.2) is 16.0 Å². The van der Waals surface area contributed by atoms with E-state index in [2.05, 4.69) is 4.36 Å². The molecule has 0 spiro atoms. The van der Waals surface area contributed by atoms with Gasteiger partial charge in [-0.2, -0.15) is 13.2 Å². The van der Waals surface area contributed by atoms with Gasteiger partial charge in [0, 0.05) is 16.1 Å². The van der Waals surface area contributed by atoms with Gasteiger partial charge < -0.3 is 0 Å². The second-order valence-electron chi connectivity index (χ2n) is 4.14. The summed E-state index contributed by atoms with van der Waals surface area (Å²) in [4.78, 5) is 0.